The van der Waals surface area contributed by atoms with Crippen LogP contribution in [0.1, 0.15) is 0 Å². The van der Waals surface area contributed by atoms with Gasteiger partial charge in [0.1, 0.15) is 0 Å². The van der Waals surface area contributed by atoms with Gasteiger partial charge >= 0.3 is 0 Å². The second kappa shape index (κ2) is 7.48. The Bertz CT molecular complexity index is 1860. The van der Waals surface area contributed by atoms with Gasteiger partial charge in [0.25, 0.3) is 0 Å². The highest BCUT2D eigenvalue weighted by Crippen LogP contribution is 2.41. The van der Waals surface area contributed by atoms with Crippen LogP contribution in [0, 0.1) is 0 Å². The third kappa shape index (κ3) is 2.88. The van der Waals surface area contributed by atoms with Crippen LogP contribution in [0.5, 0.6) is 0 Å². The fourth-order valence-electron chi connectivity index (χ4n) is 5.32. The van der Waals surface area contributed by atoms with E-state index in [0.717, 1.165) is 16.1 Å². The van der Waals surface area contributed by atoms with Crippen LogP contribution in [-0.2, 0) is 0 Å². The minimum Gasteiger partial charge on any atom is -0.309 e. The maximum absolute atomic E-state index is 6.23. The molecular weight excluding hydrogens is 434 g/mol. The minimum absolute atomic E-state index is 0.761. The summed E-state index contributed by atoms with van der Waals surface area (Å²) in [5.74, 6) is 0. The summed E-state index contributed by atoms with van der Waals surface area (Å²) >= 11 is 6.23. The van der Waals surface area contributed by atoms with Gasteiger partial charge in [-0.2, -0.15) is 0 Å². The van der Waals surface area contributed by atoms with Crippen LogP contribution >= 0.6 is 11.6 Å². The van der Waals surface area contributed by atoms with Crippen LogP contribution in [0.2, 0.25) is 5.02 Å². The average molecular weight is 454 g/mol. The van der Waals surface area contributed by atoms with E-state index < -0.39 is 0 Å². The van der Waals surface area contributed by atoms with Crippen molar-refractivity contribution in [2.45, 2.75) is 0 Å². The maximum atomic E-state index is 6.23. The fourth-order valence-corrected chi connectivity index (χ4v) is 5.50. The number of hydrogen-bond acceptors (Lipinski definition) is 0. The SMILES string of the molecule is Clc1ccc2cc(-n3c4ccccc4c4c5c(-c6ccccc6)cccc5ccc43)ccc2c1. The Labute approximate surface area is 202 Å². The minimum atomic E-state index is 0.761. The van der Waals surface area contributed by atoms with Gasteiger partial charge in [-0.1, -0.05) is 96.5 Å². The third-order valence-electron chi connectivity index (χ3n) is 6.81. The first-order valence-corrected chi connectivity index (χ1v) is 11.9. The van der Waals surface area contributed by atoms with Crippen LogP contribution < -0.4 is 0 Å². The molecule has 34 heavy (non-hydrogen) atoms. The van der Waals surface area contributed by atoms with Crippen molar-refractivity contribution in [3.05, 3.63) is 126 Å². The Morgan fingerprint density at radius 1 is 0.500 bits per heavy atom. The van der Waals surface area contributed by atoms with Gasteiger partial charge in [-0.3, -0.25) is 0 Å². The third-order valence-corrected chi connectivity index (χ3v) is 7.04. The number of rotatable bonds is 2. The molecule has 0 N–H and O–H groups in total. The Balaban J connectivity index is 1.63. The largest absolute Gasteiger partial charge is 0.309 e. The Morgan fingerprint density at radius 2 is 1.26 bits per heavy atom. The van der Waals surface area contributed by atoms with Crippen molar-refractivity contribution < 1.29 is 0 Å². The van der Waals surface area contributed by atoms with Gasteiger partial charge in [-0.25, -0.2) is 0 Å². The summed E-state index contributed by atoms with van der Waals surface area (Å²) < 4.78 is 2.39. The van der Waals surface area contributed by atoms with E-state index in [1.807, 2.05) is 12.1 Å². The van der Waals surface area contributed by atoms with Crippen LogP contribution in [0.25, 0.3) is 60.2 Å². The number of fused-ring (bicyclic) bond motifs is 6. The van der Waals surface area contributed by atoms with Crippen molar-refractivity contribution in [3.63, 3.8) is 0 Å². The molecule has 0 saturated heterocycles. The molecule has 0 aliphatic heterocycles. The van der Waals surface area contributed by atoms with E-state index in [1.54, 1.807) is 0 Å². The van der Waals surface area contributed by atoms with E-state index >= 15 is 0 Å². The van der Waals surface area contributed by atoms with E-state index in [-0.39, 0.29) is 0 Å². The van der Waals surface area contributed by atoms with Crippen LogP contribution in [0.4, 0.5) is 0 Å². The molecule has 7 aromatic rings. The maximum Gasteiger partial charge on any atom is 0.0547 e. The van der Waals surface area contributed by atoms with E-state index in [2.05, 4.69) is 114 Å². The molecule has 0 unspecified atom stereocenters. The Hall–Kier alpha value is -4.07. The molecule has 0 fully saturated rings. The standard InChI is InChI=1S/C32H20ClN/c33-25-16-13-24-20-26(17-14-23(24)19-25)34-29-12-5-4-10-28(29)32-30(34)18-15-22-9-6-11-27(31(22)32)21-7-2-1-3-8-21/h1-20H. The first-order valence-electron chi connectivity index (χ1n) is 11.5. The molecule has 7 rings (SSSR count). The van der Waals surface area contributed by atoms with E-state index in [1.165, 1.54) is 49.1 Å². The number of nitrogens with zero attached hydrogens (tertiary/aromatic N) is 1. The lowest BCUT2D eigenvalue weighted by atomic mass is 9.94. The lowest BCUT2D eigenvalue weighted by molar-refractivity contribution is 1.19. The van der Waals surface area contributed by atoms with Crippen LogP contribution in [0.15, 0.2) is 121 Å². The molecule has 1 heterocycles. The van der Waals surface area contributed by atoms with E-state index in [4.69, 9.17) is 11.6 Å². The highest BCUT2D eigenvalue weighted by molar-refractivity contribution is 6.31. The molecule has 0 atom stereocenters. The summed E-state index contributed by atoms with van der Waals surface area (Å²) in [6.45, 7) is 0. The van der Waals surface area contributed by atoms with Crippen LogP contribution in [0.3, 0.4) is 0 Å². The summed E-state index contributed by atoms with van der Waals surface area (Å²) in [5.41, 5.74) is 6.07. The average Bonchev–Trinajstić information content (AvgIpc) is 3.23. The molecule has 0 aliphatic rings. The molecule has 0 amide bonds. The summed E-state index contributed by atoms with van der Waals surface area (Å²) in [5, 5.41) is 8.20. The molecule has 2 heteroatoms. The zero-order valence-corrected chi connectivity index (χ0v) is 19.1. The summed E-state index contributed by atoms with van der Waals surface area (Å²) in [6, 6.07) is 43.2. The molecule has 0 bridgehead atoms. The number of aromatic nitrogens is 1. The molecule has 6 aromatic carbocycles. The van der Waals surface area contributed by atoms with Gasteiger partial charge in [0.2, 0.25) is 0 Å². The van der Waals surface area contributed by atoms with E-state index in [9.17, 15) is 0 Å². The topological polar surface area (TPSA) is 4.93 Å². The first kappa shape index (κ1) is 19.4. The van der Waals surface area contributed by atoms with Gasteiger partial charge in [-0.05, 0) is 69.1 Å². The summed E-state index contributed by atoms with van der Waals surface area (Å²) in [7, 11) is 0. The lowest BCUT2D eigenvalue weighted by Crippen LogP contribution is -1.94. The monoisotopic (exact) mass is 453 g/mol. The van der Waals surface area contributed by atoms with Gasteiger partial charge in [0.15, 0.2) is 0 Å². The number of para-hydroxylation sites is 1. The summed E-state index contributed by atoms with van der Waals surface area (Å²) in [4.78, 5) is 0. The Kier molecular flexibility index (Phi) is 4.27. The van der Waals surface area contributed by atoms with Gasteiger partial charge in [-0.15, -0.1) is 0 Å². The smallest absolute Gasteiger partial charge is 0.0547 e. The highest BCUT2D eigenvalue weighted by atomic mass is 35.5. The first-order chi connectivity index (χ1) is 16.8. The predicted octanol–water partition coefficient (Wildman–Crippen LogP) is 9.41. The number of benzene rings is 6. The zero-order valence-electron chi connectivity index (χ0n) is 18.4. The van der Waals surface area contributed by atoms with Gasteiger partial charge < -0.3 is 4.57 Å². The van der Waals surface area contributed by atoms with Crippen molar-refractivity contribution >= 4 is 55.0 Å². The normalized spacial score (nSPS) is 11.7. The fraction of sp³-hybridized carbons (Fsp3) is 0. The van der Waals surface area contributed by atoms with Gasteiger partial charge in [0.05, 0.1) is 11.0 Å². The number of halogens is 1. The zero-order chi connectivity index (χ0) is 22.6. The molecule has 160 valence electrons. The molecule has 0 radical (unpaired) electrons. The summed E-state index contributed by atoms with van der Waals surface area (Å²) in [6.07, 6.45) is 0. The molecule has 0 aliphatic carbocycles. The van der Waals surface area contributed by atoms with Crippen LogP contribution in [-0.4, -0.2) is 4.57 Å². The van der Waals surface area contributed by atoms with Gasteiger partial charge in [0, 0.05) is 21.5 Å². The molecule has 1 aromatic heterocycles. The molecular formula is C32H20ClN. The van der Waals surface area contributed by atoms with Crippen molar-refractivity contribution in [3.8, 4) is 16.8 Å². The second-order valence-corrected chi connectivity index (χ2v) is 9.19. The van der Waals surface area contributed by atoms with Crippen molar-refractivity contribution in [1.29, 1.82) is 0 Å². The second-order valence-electron chi connectivity index (χ2n) is 8.76. The highest BCUT2D eigenvalue weighted by Gasteiger charge is 2.17. The van der Waals surface area contributed by atoms with Crippen molar-refractivity contribution in [2.75, 3.05) is 0 Å². The molecule has 1 nitrogen and oxygen atoms in total. The molecule has 0 spiro atoms. The van der Waals surface area contributed by atoms with Crippen molar-refractivity contribution in [1.82, 2.24) is 4.57 Å². The quantitative estimate of drug-likeness (QED) is 0.245. The predicted molar refractivity (Wildman–Crippen MR) is 146 cm³/mol. The van der Waals surface area contributed by atoms with E-state index in [0.29, 0.717) is 0 Å². The Morgan fingerprint density at radius 3 is 2.18 bits per heavy atom. The lowest BCUT2D eigenvalue weighted by Gasteiger charge is -2.11. The number of hydrogen-bond donors (Lipinski definition) is 0. The molecule has 0 saturated carbocycles. The van der Waals surface area contributed by atoms with Crippen molar-refractivity contribution in [2.24, 2.45) is 0 Å².